The van der Waals surface area contributed by atoms with E-state index >= 15 is 0 Å². The minimum Gasteiger partial charge on any atom is -0.401 e. The van der Waals surface area contributed by atoms with E-state index in [-0.39, 0.29) is 0 Å². The molecule has 60 valence electrons. The predicted octanol–water partition coefficient (Wildman–Crippen LogP) is 2.75. The van der Waals surface area contributed by atoms with Gasteiger partial charge in [-0.05, 0) is 24.1 Å². The van der Waals surface area contributed by atoms with Crippen LogP contribution in [0.3, 0.4) is 0 Å². The Bertz CT molecular complexity index is 208. The van der Waals surface area contributed by atoms with Gasteiger partial charge < -0.3 is 4.18 Å². The van der Waals surface area contributed by atoms with Crippen molar-refractivity contribution < 1.29 is 8.74 Å². The summed E-state index contributed by atoms with van der Waals surface area (Å²) in [5.41, 5.74) is 1.26. The van der Waals surface area contributed by atoms with Crippen molar-refractivity contribution in [2.75, 3.05) is 0 Å². The lowest BCUT2D eigenvalue weighted by Crippen LogP contribution is -1.81. The summed E-state index contributed by atoms with van der Waals surface area (Å²) in [5, 5.41) is 0. The van der Waals surface area contributed by atoms with Gasteiger partial charge in [0, 0.05) is 0 Å². The lowest BCUT2D eigenvalue weighted by atomic mass is 10.2. The first-order valence-electron chi connectivity index (χ1n) is 3.44. The minimum atomic E-state index is 0.368. The Hall–Kier alpha value is -0.670. The van der Waals surface area contributed by atoms with E-state index < -0.39 is 0 Å². The molecule has 1 N–H and O–H groups in total. The molecule has 0 bridgehead atoms. The number of aryl methyl sites for hydroxylation is 1. The number of rotatable bonds is 3. The van der Waals surface area contributed by atoms with Crippen LogP contribution in [0.2, 0.25) is 0 Å². The molecular formula is C8H10O2S. The maximum absolute atomic E-state index is 8.34. The van der Waals surface area contributed by atoms with Gasteiger partial charge in [0.05, 0.1) is 0 Å². The van der Waals surface area contributed by atoms with E-state index in [1.165, 1.54) is 5.56 Å². The largest absolute Gasteiger partial charge is 0.401 e. The monoisotopic (exact) mass is 170 g/mol. The highest BCUT2D eigenvalue weighted by atomic mass is 32.2. The van der Waals surface area contributed by atoms with Crippen molar-refractivity contribution in [3.8, 4) is 5.75 Å². The van der Waals surface area contributed by atoms with E-state index in [4.69, 9.17) is 8.74 Å². The average Bonchev–Trinajstić information content (AvgIpc) is 2.07. The SMILES string of the molecule is CCc1ccc(OSO)cc1. The van der Waals surface area contributed by atoms with Crippen LogP contribution in [0.25, 0.3) is 0 Å². The lowest BCUT2D eigenvalue weighted by Gasteiger charge is -1.99. The van der Waals surface area contributed by atoms with Gasteiger partial charge in [-0.1, -0.05) is 19.1 Å². The van der Waals surface area contributed by atoms with Gasteiger partial charge in [0.25, 0.3) is 0 Å². The Morgan fingerprint density at radius 1 is 1.36 bits per heavy atom. The predicted molar refractivity (Wildman–Crippen MR) is 46.7 cm³/mol. The maximum atomic E-state index is 8.34. The molecule has 0 aliphatic rings. The molecule has 0 amide bonds. The van der Waals surface area contributed by atoms with Crippen molar-refractivity contribution in [1.82, 2.24) is 0 Å². The summed E-state index contributed by atoms with van der Waals surface area (Å²) in [6, 6.07) is 7.63. The smallest absolute Gasteiger partial charge is 0.222 e. The Kier molecular flexibility index (Phi) is 3.26. The molecule has 0 fully saturated rings. The molecule has 0 radical (unpaired) electrons. The summed E-state index contributed by atoms with van der Waals surface area (Å²) in [7, 11) is 0. The second-order valence-corrected chi connectivity index (χ2v) is 2.47. The second-order valence-electron chi connectivity index (χ2n) is 2.16. The first-order valence-corrected chi connectivity index (χ1v) is 4.13. The van der Waals surface area contributed by atoms with Crippen molar-refractivity contribution in [3.63, 3.8) is 0 Å². The number of benzene rings is 1. The molecule has 1 aromatic rings. The number of hydrogen-bond acceptors (Lipinski definition) is 3. The molecule has 0 saturated carbocycles. The van der Waals surface area contributed by atoms with Crippen molar-refractivity contribution in [1.29, 1.82) is 0 Å². The van der Waals surface area contributed by atoms with E-state index in [2.05, 4.69) is 6.92 Å². The first kappa shape index (κ1) is 8.43. The molecular weight excluding hydrogens is 160 g/mol. The topological polar surface area (TPSA) is 29.5 Å². The van der Waals surface area contributed by atoms with E-state index in [1.807, 2.05) is 24.3 Å². The highest BCUT2D eigenvalue weighted by Crippen LogP contribution is 2.15. The van der Waals surface area contributed by atoms with E-state index in [0.717, 1.165) is 6.42 Å². The van der Waals surface area contributed by atoms with Gasteiger partial charge in [-0.3, -0.25) is 4.55 Å². The lowest BCUT2D eigenvalue weighted by molar-refractivity contribution is 0.541. The van der Waals surface area contributed by atoms with Crippen LogP contribution in [0.5, 0.6) is 5.75 Å². The van der Waals surface area contributed by atoms with E-state index in [0.29, 0.717) is 18.1 Å². The van der Waals surface area contributed by atoms with Crippen LogP contribution >= 0.6 is 12.3 Å². The van der Waals surface area contributed by atoms with E-state index in [9.17, 15) is 0 Å². The van der Waals surface area contributed by atoms with Crippen molar-refractivity contribution in [2.45, 2.75) is 13.3 Å². The Morgan fingerprint density at radius 3 is 2.45 bits per heavy atom. The van der Waals surface area contributed by atoms with Crippen molar-refractivity contribution >= 4 is 12.3 Å². The molecule has 11 heavy (non-hydrogen) atoms. The van der Waals surface area contributed by atoms with Crippen LogP contribution in [0.1, 0.15) is 12.5 Å². The van der Waals surface area contributed by atoms with Gasteiger partial charge in [-0.2, -0.15) is 0 Å². The highest BCUT2D eigenvalue weighted by molar-refractivity contribution is 7.89. The summed E-state index contributed by atoms with van der Waals surface area (Å²) in [6.07, 6.45) is 1.02. The van der Waals surface area contributed by atoms with E-state index in [1.54, 1.807) is 0 Å². The van der Waals surface area contributed by atoms with Crippen LogP contribution in [0.4, 0.5) is 0 Å². The zero-order valence-corrected chi connectivity index (χ0v) is 7.10. The summed E-state index contributed by atoms with van der Waals surface area (Å²) in [4.78, 5) is 0. The molecule has 0 unspecified atom stereocenters. The molecule has 0 spiro atoms. The normalized spacial score (nSPS) is 9.64. The minimum absolute atomic E-state index is 0.368. The van der Waals surface area contributed by atoms with Gasteiger partial charge >= 0.3 is 0 Å². The molecule has 3 heteroatoms. The fourth-order valence-electron chi connectivity index (χ4n) is 0.824. The zero-order chi connectivity index (χ0) is 8.10. The molecule has 1 rings (SSSR count). The van der Waals surface area contributed by atoms with Gasteiger partial charge in [-0.15, -0.1) is 0 Å². The number of hydrogen-bond donors (Lipinski definition) is 1. The standard InChI is InChI=1S/C8H10O2S/c1-2-7-3-5-8(6-4-7)10-11-9/h3-6,9H,2H2,1H3. The molecule has 0 saturated heterocycles. The average molecular weight is 170 g/mol. The third kappa shape index (κ3) is 2.44. The molecule has 0 heterocycles. The third-order valence-electron chi connectivity index (χ3n) is 1.47. The van der Waals surface area contributed by atoms with Gasteiger partial charge in [0.15, 0.2) is 0 Å². The Balaban J connectivity index is 2.66. The first-order chi connectivity index (χ1) is 5.36. The van der Waals surface area contributed by atoms with Gasteiger partial charge in [-0.25, -0.2) is 0 Å². The molecule has 2 nitrogen and oxygen atoms in total. The molecule has 0 atom stereocenters. The molecule has 0 aliphatic heterocycles. The van der Waals surface area contributed by atoms with Crippen LogP contribution in [0.15, 0.2) is 24.3 Å². The summed E-state index contributed by atoms with van der Waals surface area (Å²) < 4.78 is 13.1. The quantitative estimate of drug-likeness (QED) is 0.707. The second kappa shape index (κ2) is 4.26. The molecule has 0 aromatic heterocycles. The Morgan fingerprint density at radius 2 is 2.00 bits per heavy atom. The van der Waals surface area contributed by atoms with Crippen molar-refractivity contribution in [2.24, 2.45) is 0 Å². The highest BCUT2D eigenvalue weighted by Gasteiger charge is 1.92. The summed E-state index contributed by atoms with van der Waals surface area (Å²) in [6.45, 7) is 2.09. The third-order valence-corrected chi connectivity index (χ3v) is 1.73. The van der Waals surface area contributed by atoms with Gasteiger partial charge in [0.2, 0.25) is 12.3 Å². The fraction of sp³-hybridized carbons (Fsp3) is 0.250. The summed E-state index contributed by atoms with van der Waals surface area (Å²) >= 11 is 0.368. The fourth-order valence-corrected chi connectivity index (χ4v) is 1.02. The van der Waals surface area contributed by atoms with Crippen molar-refractivity contribution in [3.05, 3.63) is 29.8 Å². The Labute approximate surface area is 70.6 Å². The van der Waals surface area contributed by atoms with Crippen LogP contribution in [0, 0.1) is 0 Å². The molecule has 1 aromatic carbocycles. The van der Waals surface area contributed by atoms with Gasteiger partial charge in [0.1, 0.15) is 5.75 Å². The van der Waals surface area contributed by atoms with Crippen LogP contribution in [-0.4, -0.2) is 4.55 Å². The molecule has 0 aliphatic carbocycles. The summed E-state index contributed by atoms with van der Waals surface area (Å²) in [5.74, 6) is 0.676. The van der Waals surface area contributed by atoms with Crippen LogP contribution < -0.4 is 4.18 Å². The maximum Gasteiger partial charge on any atom is 0.222 e. The van der Waals surface area contributed by atoms with Crippen LogP contribution in [-0.2, 0) is 6.42 Å². The zero-order valence-electron chi connectivity index (χ0n) is 6.28.